The van der Waals surface area contributed by atoms with Crippen molar-refractivity contribution in [2.75, 3.05) is 26.3 Å². The van der Waals surface area contributed by atoms with Crippen molar-refractivity contribution in [1.29, 1.82) is 0 Å². The molecule has 1 aliphatic carbocycles. The topological polar surface area (TPSA) is 32.7 Å². The van der Waals surface area contributed by atoms with Crippen molar-refractivity contribution in [3.05, 3.63) is 41.6 Å². The summed E-state index contributed by atoms with van der Waals surface area (Å²) in [5, 5.41) is 9.34. The van der Waals surface area contributed by atoms with Crippen LogP contribution in [0.5, 0.6) is 5.75 Å². The highest BCUT2D eigenvalue weighted by molar-refractivity contribution is 5.29. The summed E-state index contributed by atoms with van der Waals surface area (Å²) in [7, 11) is 0. The molecule has 0 aromatic heterocycles. The van der Waals surface area contributed by atoms with Crippen molar-refractivity contribution in [3.63, 3.8) is 0 Å². The van der Waals surface area contributed by atoms with Crippen LogP contribution in [0.4, 0.5) is 0 Å². The Balaban J connectivity index is 1.64. The van der Waals surface area contributed by atoms with Crippen LogP contribution in [0.25, 0.3) is 0 Å². The van der Waals surface area contributed by atoms with Crippen molar-refractivity contribution in [3.8, 4) is 5.75 Å². The van der Waals surface area contributed by atoms with Crippen LogP contribution in [-0.4, -0.2) is 36.3 Å². The molecule has 0 amide bonds. The number of hydrogen-bond donors (Lipinski definition) is 1. The molecule has 3 rings (SSSR count). The smallest absolute Gasteiger partial charge is 0.115 e. The van der Waals surface area contributed by atoms with Crippen molar-refractivity contribution >= 4 is 0 Å². The lowest BCUT2D eigenvalue weighted by atomic mass is 9.86. The lowest BCUT2D eigenvalue weighted by molar-refractivity contribution is 0.0510. The van der Waals surface area contributed by atoms with E-state index in [0.29, 0.717) is 11.7 Å². The largest absolute Gasteiger partial charge is 0.508 e. The van der Waals surface area contributed by atoms with Crippen molar-refractivity contribution in [2.24, 2.45) is 0 Å². The van der Waals surface area contributed by atoms with E-state index in [-0.39, 0.29) is 0 Å². The minimum Gasteiger partial charge on any atom is -0.508 e. The van der Waals surface area contributed by atoms with E-state index in [0.717, 1.165) is 39.1 Å². The predicted octanol–water partition coefficient (Wildman–Crippen LogP) is 2.88. The number of phenolic OH excluding ortho intramolecular Hbond substituents is 1. The molecular formula is C16H21NO2. The third-order valence-corrected chi connectivity index (χ3v) is 4.17. The zero-order chi connectivity index (χ0) is 13.1. The summed E-state index contributed by atoms with van der Waals surface area (Å²) in [6.45, 7) is 3.79. The Morgan fingerprint density at radius 3 is 2.47 bits per heavy atom. The van der Waals surface area contributed by atoms with Crippen LogP contribution in [0.3, 0.4) is 0 Å². The van der Waals surface area contributed by atoms with Crippen LogP contribution in [0.2, 0.25) is 0 Å². The molecular weight excluding hydrogens is 238 g/mol. The van der Waals surface area contributed by atoms with Crippen LogP contribution in [0, 0.1) is 0 Å². The number of nitrogens with zero attached hydrogens (tertiary/aromatic N) is 1. The maximum Gasteiger partial charge on any atom is 0.115 e. The van der Waals surface area contributed by atoms with E-state index in [1.54, 1.807) is 12.1 Å². The van der Waals surface area contributed by atoms with Gasteiger partial charge in [-0.05, 0) is 42.9 Å². The van der Waals surface area contributed by atoms with Crippen molar-refractivity contribution in [2.45, 2.75) is 25.2 Å². The maximum atomic E-state index is 9.34. The zero-order valence-corrected chi connectivity index (χ0v) is 11.2. The van der Waals surface area contributed by atoms with E-state index in [1.165, 1.54) is 17.7 Å². The molecule has 1 aromatic rings. The van der Waals surface area contributed by atoms with Crippen LogP contribution in [-0.2, 0) is 4.74 Å². The number of allylic oxidation sites excluding steroid dienone is 2. The minimum atomic E-state index is 0.351. The van der Waals surface area contributed by atoms with Gasteiger partial charge in [-0.25, -0.2) is 0 Å². The molecule has 1 aliphatic heterocycles. The lowest BCUT2D eigenvalue weighted by Crippen LogP contribution is -2.36. The Labute approximate surface area is 114 Å². The summed E-state index contributed by atoms with van der Waals surface area (Å²) in [5.41, 5.74) is 2.84. The molecule has 0 bridgehead atoms. The van der Waals surface area contributed by atoms with E-state index in [1.807, 2.05) is 12.1 Å². The van der Waals surface area contributed by atoms with Crippen LogP contribution in [0.1, 0.15) is 30.7 Å². The van der Waals surface area contributed by atoms with Gasteiger partial charge in [0.15, 0.2) is 0 Å². The van der Waals surface area contributed by atoms with Crippen LogP contribution in [0.15, 0.2) is 36.0 Å². The van der Waals surface area contributed by atoms with Gasteiger partial charge in [0.2, 0.25) is 0 Å². The number of phenols is 1. The maximum absolute atomic E-state index is 9.34. The van der Waals surface area contributed by atoms with E-state index in [2.05, 4.69) is 11.0 Å². The van der Waals surface area contributed by atoms with Gasteiger partial charge in [0.25, 0.3) is 0 Å². The molecule has 3 nitrogen and oxygen atoms in total. The highest BCUT2D eigenvalue weighted by Crippen LogP contribution is 2.33. The molecule has 1 atom stereocenters. The second kappa shape index (κ2) is 5.66. The van der Waals surface area contributed by atoms with Gasteiger partial charge in [-0.2, -0.15) is 0 Å². The normalized spacial score (nSPS) is 24.1. The molecule has 1 heterocycles. The van der Waals surface area contributed by atoms with Gasteiger partial charge >= 0.3 is 0 Å². The Morgan fingerprint density at radius 1 is 1.11 bits per heavy atom. The summed E-state index contributed by atoms with van der Waals surface area (Å²) >= 11 is 0. The number of rotatable bonds is 2. The molecule has 3 heteroatoms. The average molecular weight is 259 g/mol. The molecule has 102 valence electrons. The second-order valence-electron chi connectivity index (χ2n) is 5.36. The fourth-order valence-corrected chi connectivity index (χ4v) is 3.01. The Kier molecular flexibility index (Phi) is 3.74. The molecule has 1 aromatic carbocycles. The molecule has 1 N–H and O–H groups in total. The average Bonchev–Trinajstić information content (AvgIpc) is 2.49. The lowest BCUT2D eigenvalue weighted by Gasteiger charge is -2.34. The Hall–Kier alpha value is -1.48. The summed E-state index contributed by atoms with van der Waals surface area (Å²) in [6, 6.07) is 7.67. The Morgan fingerprint density at radius 2 is 1.84 bits per heavy atom. The van der Waals surface area contributed by atoms with Crippen LogP contribution < -0.4 is 0 Å². The molecule has 0 saturated carbocycles. The third-order valence-electron chi connectivity index (χ3n) is 4.17. The zero-order valence-electron chi connectivity index (χ0n) is 11.2. The fraction of sp³-hybridized carbons (Fsp3) is 0.500. The fourth-order valence-electron chi connectivity index (χ4n) is 3.01. The summed E-state index contributed by atoms with van der Waals surface area (Å²) in [5.74, 6) is 0.953. The number of hydrogen-bond acceptors (Lipinski definition) is 3. The SMILES string of the molecule is Oc1ccc(C2CC=C(N3CCOCC3)CC2)cc1. The molecule has 0 radical (unpaired) electrons. The highest BCUT2D eigenvalue weighted by atomic mass is 16.5. The van der Waals surface area contributed by atoms with E-state index >= 15 is 0 Å². The summed E-state index contributed by atoms with van der Waals surface area (Å²) < 4.78 is 5.40. The standard InChI is InChI=1S/C16H21NO2/c18-16-7-3-14(4-8-16)13-1-5-15(6-2-13)17-9-11-19-12-10-17/h3-5,7-8,13,18H,1-2,6,9-12H2. The van der Waals surface area contributed by atoms with Gasteiger partial charge in [0.1, 0.15) is 5.75 Å². The van der Waals surface area contributed by atoms with E-state index in [4.69, 9.17) is 4.74 Å². The van der Waals surface area contributed by atoms with Crippen LogP contribution >= 0.6 is 0 Å². The molecule has 0 spiro atoms. The highest BCUT2D eigenvalue weighted by Gasteiger charge is 2.20. The molecule has 2 aliphatic rings. The number of aromatic hydroxyl groups is 1. The van der Waals surface area contributed by atoms with Gasteiger partial charge in [-0.15, -0.1) is 0 Å². The number of morpholine rings is 1. The number of ether oxygens (including phenoxy) is 1. The second-order valence-corrected chi connectivity index (χ2v) is 5.36. The first-order valence-corrected chi connectivity index (χ1v) is 7.13. The van der Waals surface area contributed by atoms with Gasteiger partial charge < -0.3 is 14.7 Å². The first kappa shape index (κ1) is 12.5. The van der Waals surface area contributed by atoms with Gasteiger partial charge in [0.05, 0.1) is 13.2 Å². The van der Waals surface area contributed by atoms with E-state index in [9.17, 15) is 5.11 Å². The van der Waals surface area contributed by atoms with Gasteiger partial charge in [0, 0.05) is 18.8 Å². The van der Waals surface area contributed by atoms with Gasteiger partial charge in [-0.3, -0.25) is 0 Å². The van der Waals surface area contributed by atoms with E-state index < -0.39 is 0 Å². The first-order chi connectivity index (χ1) is 9.33. The molecule has 1 unspecified atom stereocenters. The van der Waals surface area contributed by atoms with Crippen molar-refractivity contribution in [1.82, 2.24) is 4.90 Å². The first-order valence-electron chi connectivity index (χ1n) is 7.13. The summed E-state index contributed by atoms with van der Waals surface area (Å²) in [6.07, 6.45) is 5.86. The number of benzene rings is 1. The predicted molar refractivity (Wildman–Crippen MR) is 75.2 cm³/mol. The molecule has 1 fully saturated rings. The van der Waals surface area contributed by atoms with Crippen molar-refractivity contribution < 1.29 is 9.84 Å². The third kappa shape index (κ3) is 2.92. The molecule has 1 saturated heterocycles. The van der Waals surface area contributed by atoms with Gasteiger partial charge in [-0.1, -0.05) is 18.2 Å². The quantitative estimate of drug-likeness (QED) is 0.886. The Bertz CT molecular complexity index is 446. The minimum absolute atomic E-state index is 0.351. The summed E-state index contributed by atoms with van der Waals surface area (Å²) in [4.78, 5) is 2.47. The monoisotopic (exact) mass is 259 g/mol. The molecule has 19 heavy (non-hydrogen) atoms.